The fraction of sp³-hybridized carbons (Fsp3) is 0.111. The highest BCUT2D eigenvalue weighted by atomic mass is 16.5. The van der Waals surface area contributed by atoms with Gasteiger partial charge in [-0.05, 0) is 0 Å². The van der Waals surface area contributed by atoms with E-state index in [-0.39, 0.29) is 0 Å². The maximum atomic E-state index is 8.37. The molecule has 2 aromatic rings. The first kappa shape index (κ1) is 8.38. The Hall–Kier alpha value is -2.22. The Morgan fingerprint density at radius 3 is 3.14 bits per heavy atom. The van der Waals surface area contributed by atoms with Crippen LogP contribution in [0.5, 0.6) is 11.6 Å². The van der Waals surface area contributed by atoms with E-state index in [0.29, 0.717) is 11.6 Å². The lowest BCUT2D eigenvalue weighted by Gasteiger charge is -1.97. The van der Waals surface area contributed by atoms with E-state index < -0.39 is 0 Å². The smallest absolute Gasteiger partial charge is 0.292 e. The van der Waals surface area contributed by atoms with E-state index in [1.165, 1.54) is 0 Å². The minimum Gasteiger partial charge on any atom is -0.481 e. The van der Waals surface area contributed by atoms with Crippen molar-refractivity contribution in [3.05, 3.63) is 18.5 Å². The number of nitrogens with zero attached hydrogens (tertiary/aromatic N) is 2. The van der Waals surface area contributed by atoms with Crippen LogP contribution < -0.4 is 9.47 Å². The topological polar surface area (TPSA) is 70.9 Å². The zero-order chi connectivity index (χ0) is 9.97. The molecule has 0 spiro atoms. The largest absolute Gasteiger partial charge is 0.481 e. The number of nitrogens with one attached hydrogen (secondary N) is 1. The number of methoxy groups -OCH3 is 1. The first-order valence-electron chi connectivity index (χ1n) is 3.92. The van der Waals surface area contributed by atoms with Crippen molar-refractivity contribution in [3.63, 3.8) is 0 Å². The molecule has 2 aromatic heterocycles. The van der Waals surface area contributed by atoms with Crippen LogP contribution in [-0.2, 0) is 0 Å². The van der Waals surface area contributed by atoms with Crippen molar-refractivity contribution in [3.8, 4) is 17.9 Å². The van der Waals surface area contributed by atoms with Gasteiger partial charge in [-0.15, -0.1) is 5.26 Å². The van der Waals surface area contributed by atoms with Gasteiger partial charge in [-0.1, -0.05) is 0 Å². The molecule has 0 saturated carbocycles. The van der Waals surface area contributed by atoms with Crippen molar-refractivity contribution in [2.24, 2.45) is 0 Å². The lowest BCUT2D eigenvalue weighted by molar-refractivity contribution is 0.398. The summed E-state index contributed by atoms with van der Waals surface area (Å²) in [4.78, 5) is 6.96. The van der Waals surface area contributed by atoms with Crippen LogP contribution in [0.25, 0.3) is 10.9 Å². The molecule has 0 aliphatic carbocycles. The third-order valence-corrected chi connectivity index (χ3v) is 1.87. The Morgan fingerprint density at radius 1 is 1.57 bits per heavy atom. The number of pyridine rings is 1. The molecule has 0 atom stereocenters. The summed E-state index contributed by atoms with van der Waals surface area (Å²) in [6, 6.07) is 1.74. The van der Waals surface area contributed by atoms with Gasteiger partial charge in [0, 0.05) is 18.5 Å². The molecule has 5 nitrogen and oxygen atoms in total. The van der Waals surface area contributed by atoms with Crippen molar-refractivity contribution in [1.82, 2.24) is 9.97 Å². The van der Waals surface area contributed by atoms with Crippen LogP contribution in [0.15, 0.2) is 18.5 Å². The number of nitriles is 1. The second kappa shape index (κ2) is 3.26. The van der Waals surface area contributed by atoms with Crippen molar-refractivity contribution in [1.29, 1.82) is 5.26 Å². The van der Waals surface area contributed by atoms with Crippen LogP contribution in [0.3, 0.4) is 0 Å². The molecule has 0 saturated heterocycles. The quantitative estimate of drug-likeness (QED) is 0.725. The van der Waals surface area contributed by atoms with Crippen LogP contribution in [0.1, 0.15) is 0 Å². The average Bonchev–Trinajstić information content (AvgIpc) is 2.61. The van der Waals surface area contributed by atoms with E-state index >= 15 is 0 Å². The van der Waals surface area contributed by atoms with Gasteiger partial charge in [-0.25, -0.2) is 4.98 Å². The predicted octanol–water partition coefficient (Wildman–Crippen LogP) is 1.43. The lowest BCUT2D eigenvalue weighted by atomic mass is 10.3. The molecule has 0 radical (unpaired) electrons. The van der Waals surface area contributed by atoms with Gasteiger partial charge in [0.05, 0.1) is 18.0 Å². The van der Waals surface area contributed by atoms with E-state index in [4.69, 9.17) is 14.7 Å². The van der Waals surface area contributed by atoms with Crippen LogP contribution >= 0.6 is 0 Å². The second-order valence-corrected chi connectivity index (χ2v) is 2.62. The Bertz CT molecular complexity index is 498. The van der Waals surface area contributed by atoms with Crippen molar-refractivity contribution < 1.29 is 9.47 Å². The Balaban J connectivity index is 2.55. The fourth-order valence-electron chi connectivity index (χ4n) is 1.22. The van der Waals surface area contributed by atoms with Crippen molar-refractivity contribution >= 4 is 10.9 Å². The number of H-pyrrole nitrogens is 1. The summed E-state index contributed by atoms with van der Waals surface area (Å²) in [5.74, 6) is 0.987. The van der Waals surface area contributed by atoms with Gasteiger partial charge >= 0.3 is 0 Å². The molecule has 0 amide bonds. The molecule has 5 heteroatoms. The molecule has 0 fully saturated rings. The molecule has 2 rings (SSSR count). The summed E-state index contributed by atoms with van der Waals surface area (Å²) in [6.45, 7) is 0. The van der Waals surface area contributed by atoms with Crippen LogP contribution in [0, 0.1) is 11.5 Å². The molecule has 0 bridgehead atoms. The van der Waals surface area contributed by atoms with Gasteiger partial charge in [0.2, 0.25) is 5.88 Å². The van der Waals surface area contributed by atoms with E-state index in [2.05, 4.69) is 9.97 Å². The highest BCUT2D eigenvalue weighted by Gasteiger charge is 2.06. The summed E-state index contributed by atoms with van der Waals surface area (Å²) in [5, 5.41) is 9.12. The molecule has 0 aliphatic heterocycles. The maximum absolute atomic E-state index is 8.37. The number of rotatable bonds is 2. The molecular formula is C9H7N3O2. The summed E-state index contributed by atoms with van der Waals surface area (Å²) in [7, 11) is 1.55. The van der Waals surface area contributed by atoms with Gasteiger partial charge in [-0.2, -0.15) is 0 Å². The third-order valence-electron chi connectivity index (χ3n) is 1.87. The molecule has 70 valence electrons. The molecule has 0 unspecified atom stereocenters. The second-order valence-electron chi connectivity index (χ2n) is 2.62. The van der Waals surface area contributed by atoms with E-state index in [9.17, 15) is 0 Å². The zero-order valence-corrected chi connectivity index (χ0v) is 7.44. The number of hydrogen-bond donors (Lipinski definition) is 1. The third kappa shape index (κ3) is 1.23. The first-order chi connectivity index (χ1) is 6.85. The normalized spacial score (nSPS) is 9.71. The van der Waals surface area contributed by atoms with Gasteiger partial charge in [0.25, 0.3) is 6.26 Å². The van der Waals surface area contributed by atoms with Crippen LogP contribution in [0.2, 0.25) is 0 Å². The highest BCUT2D eigenvalue weighted by molar-refractivity contribution is 5.86. The SMILES string of the molecule is COc1cc2[nH]cc(OC#N)c2cn1. The molecule has 2 heterocycles. The summed E-state index contributed by atoms with van der Waals surface area (Å²) >= 11 is 0. The number of hydrogen-bond acceptors (Lipinski definition) is 4. The average molecular weight is 189 g/mol. The van der Waals surface area contributed by atoms with Gasteiger partial charge in [0.1, 0.15) is 0 Å². The summed E-state index contributed by atoms with van der Waals surface area (Å²) < 4.78 is 9.68. The van der Waals surface area contributed by atoms with E-state index in [0.717, 1.165) is 10.9 Å². The zero-order valence-electron chi connectivity index (χ0n) is 7.44. The minimum atomic E-state index is 0.470. The monoisotopic (exact) mass is 189 g/mol. The van der Waals surface area contributed by atoms with Crippen LogP contribution in [-0.4, -0.2) is 17.1 Å². The van der Waals surface area contributed by atoms with Gasteiger partial charge in [-0.3, -0.25) is 0 Å². The lowest BCUT2D eigenvalue weighted by Crippen LogP contribution is -1.86. The standard InChI is InChI=1S/C9H7N3O2/c1-13-9-2-7-6(3-12-9)8(4-11-7)14-5-10/h2-4,11H,1H3. The fourth-order valence-corrected chi connectivity index (χ4v) is 1.22. The maximum Gasteiger partial charge on any atom is 0.292 e. The number of aromatic amines is 1. The first-order valence-corrected chi connectivity index (χ1v) is 3.92. The van der Waals surface area contributed by atoms with Gasteiger partial charge in [0.15, 0.2) is 5.75 Å². The minimum absolute atomic E-state index is 0.470. The molecule has 14 heavy (non-hydrogen) atoms. The number of aromatic nitrogens is 2. The van der Waals surface area contributed by atoms with Crippen LogP contribution in [0.4, 0.5) is 0 Å². The van der Waals surface area contributed by atoms with Crippen molar-refractivity contribution in [2.75, 3.05) is 7.11 Å². The highest BCUT2D eigenvalue weighted by Crippen LogP contribution is 2.26. The number of fused-ring (bicyclic) bond motifs is 1. The Labute approximate surface area is 79.9 Å². The van der Waals surface area contributed by atoms with Crippen molar-refractivity contribution in [2.45, 2.75) is 0 Å². The Morgan fingerprint density at radius 2 is 2.43 bits per heavy atom. The van der Waals surface area contributed by atoms with Gasteiger partial charge < -0.3 is 14.5 Å². The predicted molar refractivity (Wildman–Crippen MR) is 48.9 cm³/mol. The summed E-state index contributed by atoms with van der Waals surface area (Å²) in [6.07, 6.45) is 4.81. The molecular weight excluding hydrogens is 182 g/mol. The van der Waals surface area contributed by atoms with E-state index in [1.807, 2.05) is 0 Å². The molecule has 0 aromatic carbocycles. The summed E-state index contributed by atoms with van der Waals surface area (Å²) in [5.41, 5.74) is 0.821. The number of ether oxygens (including phenoxy) is 2. The molecule has 1 N–H and O–H groups in total. The van der Waals surface area contributed by atoms with E-state index in [1.54, 1.807) is 31.8 Å². The molecule has 0 aliphatic rings. The Kier molecular flexibility index (Phi) is 1.95.